The zero-order chi connectivity index (χ0) is 55.8. The van der Waals surface area contributed by atoms with Gasteiger partial charge in [0.05, 0.1) is 34.8 Å². The van der Waals surface area contributed by atoms with Crippen LogP contribution in [0, 0.1) is 48.3 Å². The predicted octanol–water partition coefficient (Wildman–Crippen LogP) is 6.99. The summed E-state index contributed by atoms with van der Waals surface area (Å²) in [7, 11) is 1.00. The molecule has 0 aromatic heterocycles. The van der Waals surface area contributed by atoms with E-state index >= 15 is 0 Å². The number of likely N-dealkylation sites (tertiary alicyclic amines) is 2. The number of hydrogen-bond acceptors (Lipinski definition) is 14. The van der Waals surface area contributed by atoms with Crippen LogP contribution >= 0.6 is 0 Å². The monoisotopic (exact) mass is 1050 g/mol. The highest BCUT2D eigenvalue weighted by molar-refractivity contribution is 6.19. The lowest BCUT2D eigenvalue weighted by Crippen LogP contribution is -2.44. The average Bonchev–Trinajstić information content (AvgIpc) is 3.90. The van der Waals surface area contributed by atoms with Gasteiger partial charge in [-0.05, 0) is 80.8 Å². The van der Waals surface area contributed by atoms with Crippen molar-refractivity contribution in [2.75, 3.05) is 45.2 Å². The molecule has 2 fully saturated rings. The van der Waals surface area contributed by atoms with Gasteiger partial charge in [0.15, 0.2) is 11.4 Å². The summed E-state index contributed by atoms with van der Waals surface area (Å²) in [6.45, 7) is 20.2. The van der Waals surface area contributed by atoms with Crippen LogP contribution in [0.2, 0.25) is 0 Å². The third-order valence-electron chi connectivity index (χ3n) is 16.2. The predicted molar refractivity (Wildman–Crippen MR) is 290 cm³/mol. The number of amides is 2. The van der Waals surface area contributed by atoms with E-state index < -0.39 is 58.9 Å². The molecule has 414 valence electrons. The van der Waals surface area contributed by atoms with Crippen LogP contribution in [0.3, 0.4) is 0 Å². The number of carbonyl (C=O) groups excluding carboxylic acids is 3. The molecule has 17 nitrogen and oxygen atoms in total. The Morgan fingerprint density at radius 1 is 0.908 bits per heavy atom. The fraction of sp³-hybridized carbons (Fsp3) is 0.559. The number of carbonyl (C=O) groups is 4. The van der Waals surface area contributed by atoms with E-state index in [0.717, 1.165) is 46.0 Å². The number of nitrogens with one attached hydrogen (secondary N) is 1. The minimum absolute atomic E-state index is 0.0323. The minimum Gasteiger partial charge on any atom is -0.507 e. The maximum absolute atomic E-state index is 14.9. The number of ether oxygens (including phenoxy) is 2. The van der Waals surface area contributed by atoms with E-state index in [9.17, 15) is 34.8 Å². The fourth-order valence-corrected chi connectivity index (χ4v) is 11.7. The summed E-state index contributed by atoms with van der Waals surface area (Å²) in [5.41, 5.74) is 0.890. The van der Waals surface area contributed by atoms with Gasteiger partial charge >= 0.3 is 5.79 Å². The number of Topliss-reactive ketones (excluding diaryl/α,β-unsaturated/α-hetero) is 1. The minimum atomic E-state index is -1.88. The molecular weight excluding hydrogens is 971 g/mol. The van der Waals surface area contributed by atoms with E-state index in [4.69, 9.17) is 34.5 Å². The number of hydrogen-bond donors (Lipinski definition) is 7. The quantitative estimate of drug-likeness (QED) is 0.0973. The average molecular weight is 1050 g/mol. The second-order valence-electron chi connectivity index (χ2n) is 22.1. The number of ketones is 1. The van der Waals surface area contributed by atoms with Crippen molar-refractivity contribution in [3.8, 4) is 17.2 Å². The fourth-order valence-electron chi connectivity index (χ4n) is 11.7. The van der Waals surface area contributed by atoms with Crippen molar-refractivity contribution in [1.29, 1.82) is 0 Å². The van der Waals surface area contributed by atoms with Crippen molar-refractivity contribution in [2.24, 2.45) is 51.4 Å². The molecule has 0 radical (unpaired) electrons. The molecule has 5 bridgehead atoms. The molecule has 6 aliphatic heterocycles. The van der Waals surface area contributed by atoms with Gasteiger partial charge in [0.25, 0.3) is 18.2 Å². The van der Waals surface area contributed by atoms with E-state index in [2.05, 4.69) is 48.3 Å². The van der Waals surface area contributed by atoms with Crippen LogP contribution in [-0.2, 0) is 25.5 Å². The normalized spacial score (nSPS) is 28.5. The summed E-state index contributed by atoms with van der Waals surface area (Å²) in [6, 6.07) is 10.4. The number of rotatable bonds is 6. The van der Waals surface area contributed by atoms with Gasteiger partial charge in [-0.2, -0.15) is 0 Å². The van der Waals surface area contributed by atoms with Crippen LogP contribution < -0.4 is 20.8 Å². The van der Waals surface area contributed by atoms with E-state index in [-0.39, 0.29) is 86.0 Å². The Labute approximate surface area is 446 Å². The van der Waals surface area contributed by atoms with Crippen LogP contribution in [0.1, 0.15) is 115 Å². The number of phenolic OH excluding ortho intramolecular Hbond substituents is 2. The van der Waals surface area contributed by atoms with Crippen LogP contribution in [-0.4, -0.2) is 128 Å². The molecule has 3 aromatic rings. The number of aliphatic hydroxyl groups excluding tert-OH is 3. The smallest absolute Gasteiger partial charge is 0.312 e. The van der Waals surface area contributed by atoms with Crippen molar-refractivity contribution in [3.63, 3.8) is 0 Å². The molecule has 2 amide bonds. The molecule has 0 aliphatic carbocycles. The standard InChI is InChI=1S/C57H75N5O9.CH2O2.CH4O/c1-32(2)31-61-26-22-57(23-27-61)59-46-43-44-51(66)38(8)53-45(43)54(68)56(9,71-53)70-28-14-17-33(3)41(30-42(63)62-24-20-40(21-25-62)29-39-18-11-10-12-19-39)36(6)50(65)37(7)49(64)34(4)15-13-16-35(5)55(69)58-48(52(44)67)47(46)60-57;2-1-3;1-2/h10-16,18-19,28,32-34,36-37,40-41,49-50,64-67H,17,20-27,29-31H2,1-9H3,(H,58,69);1H,(H,2,3);2H,1H3/b15-13+,28-14+,35-16-;;/t33-,34?,36+,37-,41?,49+,50?,56?;;/m1../s1. The first-order chi connectivity index (χ1) is 36.1. The van der Waals surface area contributed by atoms with E-state index in [0.29, 0.717) is 44.2 Å². The first-order valence-corrected chi connectivity index (χ1v) is 26.8. The summed E-state index contributed by atoms with van der Waals surface area (Å²) >= 11 is 0. The van der Waals surface area contributed by atoms with Crippen molar-refractivity contribution < 1.29 is 59.3 Å². The first-order valence-electron chi connectivity index (χ1n) is 26.8. The number of benzene rings is 3. The SMILES string of the molecule is C/C1=C/C=C/C(C)[C@H](O)[C@@H](C)C(O)[C@@H](C)C(CC(=O)N2CCC(Cc3ccccc3)CC2)[C@H](C)C/C=C/OC2(C)Oc3c(C)c(O)c4c(O)c(c5c(c4c3C2=O)=NC2(CCN(CC(C)C)CC2)N=5)NC1=O.CO.O=CO. The molecule has 1 spiro atoms. The summed E-state index contributed by atoms with van der Waals surface area (Å²) in [5.74, 6) is -4.51. The summed E-state index contributed by atoms with van der Waals surface area (Å²) < 4.78 is 12.6. The number of aliphatic hydroxyl groups is 3. The van der Waals surface area contributed by atoms with Crippen LogP contribution in [0.25, 0.3) is 10.8 Å². The number of nitrogens with zero attached hydrogens (tertiary/aromatic N) is 4. The topological polar surface area (TPSA) is 251 Å². The van der Waals surface area contributed by atoms with Gasteiger partial charge in [-0.25, -0.2) is 0 Å². The lowest BCUT2D eigenvalue weighted by atomic mass is 9.72. The van der Waals surface area contributed by atoms with Gasteiger partial charge in [-0.3, -0.25) is 29.2 Å². The van der Waals surface area contributed by atoms with Crippen molar-refractivity contribution >= 4 is 40.5 Å². The number of anilines is 1. The third kappa shape index (κ3) is 12.6. The zero-order valence-corrected chi connectivity index (χ0v) is 46.0. The molecule has 6 heterocycles. The summed E-state index contributed by atoms with van der Waals surface area (Å²) in [6.07, 6.45) is 11.0. The maximum Gasteiger partial charge on any atom is 0.312 e. The van der Waals surface area contributed by atoms with Gasteiger partial charge in [0.2, 0.25) is 5.91 Å². The van der Waals surface area contributed by atoms with Crippen molar-refractivity contribution in [2.45, 2.75) is 131 Å². The zero-order valence-electron chi connectivity index (χ0n) is 46.0. The Morgan fingerprint density at radius 3 is 2.17 bits per heavy atom. The molecule has 0 saturated carbocycles. The molecule has 6 aliphatic rings. The van der Waals surface area contributed by atoms with Gasteiger partial charge < -0.3 is 55.2 Å². The first kappa shape index (κ1) is 59.1. The largest absolute Gasteiger partial charge is 0.507 e. The maximum atomic E-state index is 14.9. The molecule has 9 rings (SSSR count). The van der Waals surface area contributed by atoms with Crippen LogP contribution in [0.4, 0.5) is 5.69 Å². The molecule has 3 aromatic carbocycles. The summed E-state index contributed by atoms with van der Waals surface area (Å²) in [5, 5.41) is 65.2. The Bertz CT molecular complexity index is 2800. The van der Waals surface area contributed by atoms with Crippen LogP contribution in [0.5, 0.6) is 17.2 Å². The number of piperidine rings is 2. The molecular formula is C59H81N5O12. The number of fused-ring (bicyclic) bond motifs is 13. The molecule has 4 unspecified atom stereocenters. The van der Waals surface area contributed by atoms with Gasteiger partial charge in [0.1, 0.15) is 22.5 Å². The number of aromatic hydroxyl groups is 2. The lowest BCUT2D eigenvalue weighted by molar-refractivity contribution is -0.135. The van der Waals surface area contributed by atoms with E-state index in [1.54, 1.807) is 38.2 Å². The highest BCUT2D eigenvalue weighted by Crippen LogP contribution is 2.50. The number of allylic oxidation sites excluding steroid dienone is 3. The Morgan fingerprint density at radius 2 is 1.54 bits per heavy atom. The Balaban J connectivity index is 0.00000181. The van der Waals surface area contributed by atoms with Gasteiger partial charge in [0, 0.05) is 94.4 Å². The highest BCUT2D eigenvalue weighted by atomic mass is 16.7. The second kappa shape index (κ2) is 25.3. The third-order valence-corrected chi connectivity index (χ3v) is 16.2. The Kier molecular flexibility index (Phi) is 19.7. The molecule has 76 heavy (non-hydrogen) atoms. The highest BCUT2D eigenvalue weighted by Gasteiger charge is 2.50. The van der Waals surface area contributed by atoms with Crippen molar-refractivity contribution in [1.82, 2.24) is 9.80 Å². The molecule has 2 saturated heterocycles. The number of carboxylic acid groups (broad SMARTS) is 1. The van der Waals surface area contributed by atoms with Gasteiger partial charge in [-0.1, -0.05) is 90.1 Å². The van der Waals surface area contributed by atoms with E-state index in [1.807, 2.05) is 38.7 Å². The van der Waals surface area contributed by atoms with Gasteiger partial charge in [-0.15, -0.1) is 0 Å². The lowest BCUT2D eigenvalue weighted by Gasteiger charge is -2.38. The Hall–Kier alpha value is -6.14. The van der Waals surface area contributed by atoms with Crippen LogP contribution in [0.15, 0.2) is 76.5 Å². The van der Waals surface area contributed by atoms with Crippen molar-refractivity contribution in [3.05, 3.63) is 93.9 Å². The molecule has 17 heteroatoms. The van der Waals surface area contributed by atoms with E-state index in [1.165, 1.54) is 18.7 Å². The second-order valence-corrected chi connectivity index (χ2v) is 22.1. The summed E-state index contributed by atoms with van der Waals surface area (Å²) in [4.78, 5) is 66.2. The molecule has 8 atom stereocenters. The number of phenols is 2. The molecule has 7 N–H and O–H groups in total.